The molecule has 22 heavy (non-hydrogen) atoms. The summed E-state index contributed by atoms with van der Waals surface area (Å²) in [5.41, 5.74) is 3.12. The van der Waals surface area contributed by atoms with Crippen molar-refractivity contribution in [1.82, 2.24) is 5.32 Å². The summed E-state index contributed by atoms with van der Waals surface area (Å²) < 4.78 is 5.78. The number of rotatable bonds is 2. The summed E-state index contributed by atoms with van der Waals surface area (Å²) in [7, 11) is 0. The lowest BCUT2D eigenvalue weighted by Gasteiger charge is -2.20. The molecule has 0 bridgehead atoms. The molecule has 1 N–H and O–H groups in total. The topological polar surface area (TPSA) is 42.2 Å². The molecule has 1 aromatic heterocycles. The molecule has 0 aliphatic heterocycles. The van der Waals surface area contributed by atoms with E-state index in [9.17, 15) is 4.79 Å². The predicted octanol–water partition coefficient (Wildman–Crippen LogP) is 4.89. The van der Waals surface area contributed by atoms with E-state index < -0.39 is 0 Å². The zero-order valence-corrected chi connectivity index (χ0v) is 13.6. The molecular formula is C19H25NO2. The quantitative estimate of drug-likeness (QED) is 0.857. The summed E-state index contributed by atoms with van der Waals surface area (Å²) in [5.74, 6) is 0.365. The van der Waals surface area contributed by atoms with Crippen LogP contribution in [0.3, 0.4) is 0 Å². The molecule has 3 nitrogen and oxygen atoms in total. The Bertz CT molecular complexity index is 663. The van der Waals surface area contributed by atoms with Crippen LogP contribution in [0.1, 0.15) is 66.6 Å². The maximum atomic E-state index is 12.5. The van der Waals surface area contributed by atoms with E-state index in [2.05, 4.69) is 18.3 Å². The fraction of sp³-hybridized carbons (Fsp3) is 0.526. The van der Waals surface area contributed by atoms with Gasteiger partial charge >= 0.3 is 0 Å². The minimum absolute atomic E-state index is 0.0705. The van der Waals surface area contributed by atoms with Gasteiger partial charge in [0.15, 0.2) is 5.76 Å². The van der Waals surface area contributed by atoms with E-state index in [0.717, 1.165) is 34.9 Å². The van der Waals surface area contributed by atoms with Crippen LogP contribution in [0.2, 0.25) is 0 Å². The van der Waals surface area contributed by atoms with Crippen molar-refractivity contribution in [1.29, 1.82) is 0 Å². The molecule has 0 atom stereocenters. The molecule has 0 unspecified atom stereocenters. The molecule has 0 spiro atoms. The van der Waals surface area contributed by atoms with E-state index in [-0.39, 0.29) is 5.91 Å². The summed E-state index contributed by atoms with van der Waals surface area (Å²) >= 11 is 0. The largest absolute Gasteiger partial charge is 0.451 e. The minimum atomic E-state index is -0.0705. The molecule has 2 aromatic rings. The van der Waals surface area contributed by atoms with Gasteiger partial charge in [0.1, 0.15) is 5.58 Å². The average molecular weight is 299 g/mol. The second-order valence-corrected chi connectivity index (χ2v) is 6.62. The van der Waals surface area contributed by atoms with Gasteiger partial charge in [-0.05, 0) is 49.9 Å². The highest BCUT2D eigenvalue weighted by molar-refractivity contribution is 5.97. The Hall–Kier alpha value is -1.77. The van der Waals surface area contributed by atoms with Gasteiger partial charge in [0.25, 0.3) is 5.91 Å². The van der Waals surface area contributed by atoms with Crippen molar-refractivity contribution < 1.29 is 9.21 Å². The summed E-state index contributed by atoms with van der Waals surface area (Å²) in [5, 5.41) is 4.20. The normalized spacial score (nSPS) is 17.2. The number of furan rings is 1. The second kappa shape index (κ2) is 6.55. The molecule has 1 amide bonds. The number of hydrogen-bond acceptors (Lipinski definition) is 2. The Balaban J connectivity index is 1.75. The van der Waals surface area contributed by atoms with Gasteiger partial charge in [0, 0.05) is 11.4 Å². The monoisotopic (exact) mass is 299 g/mol. The number of benzene rings is 1. The van der Waals surface area contributed by atoms with Crippen molar-refractivity contribution >= 4 is 16.9 Å². The van der Waals surface area contributed by atoms with Crippen LogP contribution in [0.25, 0.3) is 11.0 Å². The molecule has 1 aliphatic rings. The van der Waals surface area contributed by atoms with Crippen molar-refractivity contribution in [3.63, 3.8) is 0 Å². The third-order valence-electron chi connectivity index (χ3n) is 4.65. The molecule has 118 valence electrons. The van der Waals surface area contributed by atoms with Gasteiger partial charge in [-0.2, -0.15) is 0 Å². The Morgan fingerprint density at radius 2 is 1.73 bits per heavy atom. The number of aryl methyl sites for hydroxylation is 2. The molecular weight excluding hydrogens is 274 g/mol. The highest BCUT2D eigenvalue weighted by Gasteiger charge is 2.18. The van der Waals surface area contributed by atoms with Crippen LogP contribution in [0.5, 0.6) is 0 Å². The first kappa shape index (κ1) is 15.1. The zero-order chi connectivity index (χ0) is 15.5. The summed E-state index contributed by atoms with van der Waals surface area (Å²) in [6, 6.07) is 6.29. The number of fused-ring (bicyclic) bond motifs is 1. The van der Waals surface area contributed by atoms with Crippen molar-refractivity contribution in [2.24, 2.45) is 0 Å². The van der Waals surface area contributed by atoms with Gasteiger partial charge < -0.3 is 9.73 Å². The van der Waals surface area contributed by atoms with Gasteiger partial charge in [0.2, 0.25) is 0 Å². The molecule has 0 radical (unpaired) electrons. The minimum Gasteiger partial charge on any atom is -0.451 e. The SMILES string of the molecule is Cc1cc(C)c2cc(C(=O)NC3CCCCCCC3)oc2c1. The summed E-state index contributed by atoms with van der Waals surface area (Å²) in [6.45, 7) is 4.10. The van der Waals surface area contributed by atoms with Crippen LogP contribution in [-0.4, -0.2) is 11.9 Å². The zero-order valence-electron chi connectivity index (χ0n) is 13.6. The van der Waals surface area contributed by atoms with E-state index in [1.54, 1.807) is 0 Å². The molecule has 1 heterocycles. The van der Waals surface area contributed by atoms with E-state index in [4.69, 9.17) is 4.42 Å². The first-order valence-corrected chi connectivity index (χ1v) is 8.45. The lowest BCUT2D eigenvalue weighted by Crippen LogP contribution is -2.35. The molecule has 1 aliphatic carbocycles. The number of carbonyl (C=O) groups is 1. The average Bonchev–Trinajstić information content (AvgIpc) is 2.85. The first-order chi connectivity index (χ1) is 10.6. The number of carbonyl (C=O) groups excluding carboxylic acids is 1. The summed E-state index contributed by atoms with van der Waals surface area (Å²) in [6.07, 6.45) is 8.51. The molecule has 1 fully saturated rings. The number of nitrogens with one attached hydrogen (secondary N) is 1. The third-order valence-corrected chi connectivity index (χ3v) is 4.65. The van der Waals surface area contributed by atoms with Crippen molar-refractivity contribution in [3.8, 4) is 0 Å². The van der Waals surface area contributed by atoms with Crippen LogP contribution >= 0.6 is 0 Å². The van der Waals surface area contributed by atoms with Crippen LogP contribution in [0.15, 0.2) is 22.6 Å². The molecule has 0 saturated heterocycles. The fourth-order valence-corrected chi connectivity index (χ4v) is 3.46. The highest BCUT2D eigenvalue weighted by atomic mass is 16.3. The Morgan fingerprint density at radius 1 is 1.05 bits per heavy atom. The summed E-state index contributed by atoms with van der Waals surface area (Å²) in [4.78, 5) is 12.5. The van der Waals surface area contributed by atoms with Gasteiger partial charge in [-0.25, -0.2) is 0 Å². The number of amides is 1. The van der Waals surface area contributed by atoms with E-state index in [1.165, 1.54) is 32.1 Å². The lowest BCUT2D eigenvalue weighted by atomic mass is 9.96. The Kier molecular flexibility index (Phi) is 4.51. The van der Waals surface area contributed by atoms with Crippen LogP contribution in [0, 0.1) is 13.8 Å². The fourth-order valence-electron chi connectivity index (χ4n) is 3.46. The second-order valence-electron chi connectivity index (χ2n) is 6.62. The van der Waals surface area contributed by atoms with Crippen molar-refractivity contribution in [2.75, 3.05) is 0 Å². The van der Waals surface area contributed by atoms with Crippen molar-refractivity contribution in [3.05, 3.63) is 35.1 Å². The van der Waals surface area contributed by atoms with E-state index >= 15 is 0 Å². The van der Waals surface area contributed by atoms with Gasteiger partial charge in [-0.1, -0.05) is 38.2 Å². The van der Waals surface area contributed by atoms with E-state index in [0.29, 0.717) is 11.8 Å². The van der Waals surface area contributed by atoms with Crippen LogP contribution in [-0.2, 0) is 0 Å². The standard InChI is InChI=1S/C19H25NO2/c1-13-10-14(2)16-12-18(22-17(16)11-13)19(21)20-15-8-6-4-3-5-7-9-15/h10-12,15H,3-9H2,1-2H3,(H,20,21). The van der Waals surface area contributed by atoms with Crippen molar-refractivity contribution in [2.45, 2.75) is 64.8 Å². The smallest absolute Gasteiger partial charge is 0.287 e. The lowest BCUT2D eigenvalue weighted by molar-refractivity contribution is 0.0904. The van der Waals surface area contributed by atoms with Gasteiger partial charge in [-0.3, -0.25) is 4.79 Å². The highest BCUT2D eigenvalue weighted by Crippen LogP contribution is 2.25. The van der Waals surface area contributed by atoms with E-state index in [1.807, 2.05) is 19.1 Å². The molecule has 1 saturated carbocycles. The molecule has 1 aromatic carbocycles. The molecule has 3 heteroatoms. The van der Waals surface area contributed by atoms with Crippen LogP contribution < -0.4 is 5.32 Å². The van der Waals surface area contributed by atoms with Crippen LogP contribution in [0.4, 0.5) is 0 Å². The third kappa shape index (κ3) is 3.34. The predicted molar refractivity (Wildman–Crippen MR) is 89.3 cm³/mol. The first-order valence-electron chi connectivity index (χ1n) is 8.45. The molecule has 3 rings (SSSR count). The van der Waals surface area contributed by atoms with Gasteiger partial charge in [-0.15, -0.1) is 0 Å². The Morgan fingerprint density at radius 3 is 2.45 bits per heavy atom. The number of hydrogen-bond donors (Lipinski definition) is 1. The maximum absolute atomic E-state index is 12.5. The Labute approximate surface area is 132 Å². The van der Waals surface area contributed by atoms with Gasteiger partial charge in [0.05, 0.1) is 0 Å². The maximum Gasteiger partial charge on any atom is 0.287 e.